The van der Waals surface area contributed by atoms with Gasteiger partial charge in [-0.2, -0.15) is 0 Å². The van der Waals surface area contributed by atoms with Gasteiger partial charge in [0.2, 0.25) is 0 Å². The van der Waals surface area contributed by atoms with E-state index in [0.717, 1.165) is 0 Å². The third-order valence-corrected chi connectivity index (χ3v) is 3.42. The van der Waals surface area contributed by atoms with Gasteiger partial charge in [0, 0.05) is 0 Å². The zero-order valence-electron chi connectivity index (χ0n) is 9.06. The van der Waals surface area contributed by atoms with Gasteiger partial charge >= 0.3 is 5.97 Å². The number of hydrogen-bond acceptors (Lipinski definition) is 3. The lowest BCUT2D eigenvalue weighted by molar-refractivity contribution is 0.0734. The monoisotopic (exact) mass is 370 g/mol. The summed E-state index contributed by atoms with van der Waals surface area (Å²) in [4.78, 5) is 11.9. The fourth-order valence-electron chi connectivity index (χ4n) is 1.34. The van der Waals surface area contributed by atoms with Crippen LogP contribution in [-0.2, 0) is 0 Å². The van der Waals surface area contributed by atoms with Crippen LogP contribution < -0.4 is 4.74 Å². The average Bonchev–Trinajstić information content (AvgIpc) is 2.36. The Labute approximate surface area is 121 Å². The number of aromatic hydroxyl groups is 1. The highest BCUT2D eigenvalue weighted by Crippen LogP contribution is 2.33. The van der Waals surface area contributed by atoms with Crippen molar-refractivity contribution in [2.75, 3.05) is 0 Å². The van der Waals surface area contributed by atoms with E-state index in [-0.39, 0.29) is 5.75 Å². The molecule has 0 atom stereocenters. The molecule has 0 radical (unpaired) electrons. The summed E-state index contributed by atoms with van der Waals surface area (Å²) < 4.78 is 6.04. The van der Waals surface area contributed by atoms with E-state index in [1.165, 1.54) is 12.1 Å². The zero-order chi connectivity index (χ0) is 13.1. The fourth-order valence-corrected chi connectivity index (χ4v) is 2.52. The standard InChI is InChI=1S/C13H8Br2O3/c14-10-6-8(7-11(15)12(10)16)13(17)18-9-4-2-1-3-5-9/h1-7,16H. The molecule has 0 bridgehead atoms. The van der Waals surface area contributed by atoms with Crippen LogP contribution in [0.2, 0.25) is 0 Å². The van der Waals surface area contributed by atoms with Crippen molar-refractivity contribution in [2.24, 2.45) is 0 Å². The van der Waals surface area contributed by atoms with Crippen LogP contribution in [0.5, 0.6) is 11.5 Å². The molecule has 0 aromatic heterocycles. The van der Waals surface area contributed by atoms with Crippen molar-refractivity contribution in [3.05, 3.63) is 57.0 Å². The molecule has 0 saturated heterocycles. The molecule has 3 nitrogen and oxygen atoms in total. The van der Waals surface area contributed by atoms with Gasteiger partial charge in [-0.15, -0.1) is 0 Å². The van der Waals surface area contributed by atoms with E-state index >= 15 is 0 Å². The molecule has 0 aliphatic rings. The summed E-state index contributed by atoms with van der Waals surface area (Å²) in [6, 6.07) is 11.8. The molecular formula is C13H8Br2O3. The van der Waals surface area contributed by atoms with Crippen LogP contribution in [0.1, 0.15) is 10.4 Å². The predicted molar refractivity (Wildman–Crippen MR) is 74.9 cm³/mol. The van der Waals surface area contributed by atoms with Gasteiger partial charge in [0.1, 0.15) is 11.5 Å². The SMILES string of the molecule is O=C(Oc1ccccc1)c1cc(Br)c(O)c(Br)c1. The van der Waals surface area contributed by atoms with Crippen molar-refractivity contribution in [2.45, 2.75) is 0 Å². The van der Waals surface area contributed by atoms with E-state index in [4.69, 9.17) is 4.74 Å². The first kappa shape index (κ1) is 13.1. The lowest BCUT2D eigenvalue weighted by Crippen LogP contribution is -2.08. The minimum atomic E-state index is -0.484. The van der Waals surface area contributed by atoms with Gasteiger partial charge in [0.05, 0.1) is 14.5 Å². The summed E-state index contributed by atoms with van der Waals surface area (Å²) in [5.41, 5.74) is 0.343. The summed E-state index contributed by atoms with van der Waals surface area (Å²) in [5, 5.41) is 9.56. The van der Waals surface area contributed by atoms with Crippen molar-refractivity contribution in [1.29, 1.82) is 0 Å². The van der Waals surface area contributed by atoms with Gasteiger partial charge in [-0.25, -0.2) is 4.79 Å². The summed E-state index contributed by atoms with van der Waals surface area (Å²) in [6.45, 7) is 0. The number of phenolic OH excluding ortho intramolecular Hbond substituents is 1. The second-order valence-corrected chi connectivity index (χ2v) is 5.20. The minimum Gasteiger partial charge on any atom is -0.506 e. The fraction of sp³-hybridized carbons (Fsp3) is 0. The highest BCUT2D eigenvalue weighted by Gasteiger charge is 2.13. The first-order valence-electron chi connectivity index (χ1n) is 5.03. The van der Waals surface area contributed by atoms with Crippen molar-refractivity contribution >= 4 is 37.8 Å². The van der Waals surface area contributed by atoms with E-state index in [1.807, 2.05) is 6.07 Å². The van der Waals surface area contributed by atoms with Crippen molar-refractivity contribution in [3.63, 3.8) is 0 Å². The largest absolute Gasteiger partial charge is 0.506 e. The Balaban J connectivity index is 2.25. The molecule has 0 aliphatic carbocycles. The Morgan fingerprint density at radius 1 is 1.06 bits per heavy atom. The molecule has 0 saturated carbocycles. The number of benzene rings is 2. The number of esters is 1. The zero-order valence-corrected chi connectivity index (χ0v) is 12.2. The second-order valence-electron chi connectivity index (χ2n) is 3.49. The van der Waals surface area contributed by atoms with Gasteiger partial charge in [-0.05, 0) is 56.1 Å². The van der Waals surface area contributed by atoms with Crippen molar-refractivity contribution < 1.29 is 14.6 Å². The lowest BCUT2D eigenvalue weighted by atomic mass is 10.2. The van der Waals surface area contributed by atoms with E-state index in [1.54, 1.807) is 24.3 Å². The number of ether oxygens (including phenoxy) is 1. The van der Waals surface area contributed by atoms with Crippen LogP contribution in [0.4, 0.5) is 0 Å². The molecule has 18 heavy (non-hydrogen) atoms. The number of carbonyl (C=O) groups excluding carboxylic acids is 1. The maximum atomic E-state index is 11.9. The molecule has 0 aliphatic heterocycles. The Morgan fingerprint density at radius 3 is 2.17 bits per heavy atom. The first-order chi connectivity index (χ1) is 8.58. The molecule has 2 rings (SSSR count). The van der Waals surface area contributed by atoms with E-state index in [9.17, 15) is 9.90 Å². The van der Waals surface area contributed by atoms with Crippen LogP contribution in [0, 0.1) is 0 Å². The Morgan fingerprint density at radius 2 is 1.61 bits per heavy atom. The summed E-state index contributed by atoms with van der Waals surface area (Å²) >= 11 is 6.33. The predicted octanol–water partition coefficient (Wildman–Crippen LogP) is 4.14. The highest BCUT2D eigenvalue weighted by molar-refractivity contribution is 9.11. The molecule has 0 heterocycles. The van der Waals surface area contributed by atoms with Crippen LogP contribution in [-0.4, -0.2) is 11.1 Å². The normalized spacial score (nSPS) is 10.1. The van der Waals surface area contributed by atoms with Crippen molar-refractivity contribution in [3.8, 4) is 11.5 Å². The summed E-state index contributed by atoms with van der Waals surface area (Å²) in [7, 11) is 0. The summed E-state index contributed by atoms with van der Waals surface area (Å²) in [5.74, 6) is 0.0386. The molecule has 2 aromatic carbocycles. The van der Waals surface area contributed by atoms with Crippen LogP contribution in [0.15, 0.2) is 51.4 Å². The third kappa shape index (κ3) is 2.91. The van der Waals surface area contributed by atoms with Gasteiger partial charge in [0.15, 0.2) is 0 Å². The number of para-hydroxylation sites is 1. The molecule has 1 N–H and O–H groups in total. The molecule has 92 valence electrons. The maximum Gasteiger partial charge on any atom is 0.343 e. The maximum absolute atomic E-state index is 11.9. The molecule has 0 fully saturated rings. The Kier molecular flexibility index (Phi) is 4.04. The van der Waals surface area contributed by atoms with Crippen LogP contribution in [0.25, 0.3) is 0 Å². The van der Waals surface area contributed by atoms with E-state index < -0.39 is 5.97 Å². The smallest absolute Gasteiger partial charge is 0.343 e. The van der Waals surface area contributed by atoms with Crippen LogP contribution in [0.3, 0.4) is 0 Å². The van der Waals surface area contributed by atoms with Gasteiger partial charge in [-0.3, -0.25) is 0 Å². The number of carbonyl (C=O) groups is 1. The molecule has 0 amide bonds. The number of phenols is 1. The molecular weight excluding hydrogens is 364 g/mol. The molecule has 0 unspecified atom stereocenters. The Bertz CT molecular complexity index is 559. The number of hydrogen-bond donors (Lipinski definition) is 1. The van der Waals surface area contributed by atoms with Crippen molar-refractivity contribution in [1.82, 2.24) is 0 Å². The van der Waals surface area contributed by atoms with E-state index in [0.29, 0.717) is 20.3 Å². The van der Waals surface area contributed by atoms with Gasteiger partial charge < -0.3 is 9.84 Å². The lowest BCUT2D eigenvalue weighted by Gasteiger charge is -2.06. The van der Waals surface area contributed by atoms with E-state index in [2.05, 4.69) is 31.9 Å². The highest BCUT2D eigenvalue weighted by atomic mass is 79.9. The molecule has 2 aromatic rings. The second kappa shape index (κ2) is 5.54. The van der Waals surface area contributed by atoms with Gasteiger partial charge in [0.25, 0.3) is 0 Å². The topological polar surface area (TPSA) is 46.5 Å². The van der Waals surface area contributed by atoms with Gasteiger partial charge in [-0.1, -0.05) is 18.2 Å². The quantitative estimate of drug-likeness (QED) is 0.637. The number of halogens is 2. The molecule has 5 heteroatoms. The number of rotatable bonds is 2. The first-order valence-corrected chi connectivity index (χ1v) is 6.62. The molecule has 0 spiro atoms. The third-order valence-electron chi connectivity index (χ3n) is 2.21. The van der Waals surface area contributed by atoms with Crippen LogP contribution >= 0.6 is 31.9 Å². The minimum absolute atomic E-state index is 0.0475. The average molecular weight is 372 g/mol. The summed E-state index contributed by atoms with van der Waals surface area (Å²) in [6.07, 6.45) is 0. The Hall–Kier alpha value is -1.33.